The van der Waals surface area contributed by atoms with Crippen LogP contribution in [-0.2, 0) is 16.1 Å². The third-order valence-electron chi connectivity index (χ3n) is 4.82. The van der Waals surface area contributed by atoms with Crippen LogP contribution in [0.2, 0.25) is 0 Å². The molecule has 1 aliphatic rings. The Balaban J connectivity index is 1.69. The Morgan fingerprint density at radius 3 is 2.93 bits per heavy atom. The fraction of sp³-hybridized carbons (Fsp3) is 0.381. The zero-order valence-corrected chi connectivity index (χ0v) is 17.8. The Labute approximate surface area is 175 Å². The number of hydrogen-bond donors (Lipinski definition) is 1. The van der Waals surface area contributed by atoms with Crippen molar-refractivity contribution >= 4 is 26.3 Å². The first-order valence-corrected chi connectivity index (χ1v) is 12.1. The van der Waals surface area contributed by atoms with Gasteiger partial charge in [-0.2, -0.15) is 4.36 Å². The largest absolute Gasteiger partial charge is 0.473 e. The van der Waals surface area contributed by atoms with E-state index in [1.807, 2.05) is 12.1 Å². The minimum absolute atomic E-state index is 0.0633. The van der Waals surface area contributed by atoms with Crippen molar-refractivity contribution in [2.45, 2.75) is 25.4 Å². The molecule has 7 nitrogen and oxygen atoms in total. The van der Waals surface area contributed by atoms with E-state index in [-0.39, 0.29) is 6.10 Å². The lowest BCUT2D eigenvalue weighted by molar-refractivity contribution is 0.159. The van der Waals surface area contributed by atoms with Gasteiger partial charge in [-0.25, -0.2) is 23.6 Å². The number of benzene rings is 1. The Morgan fingerprint density at radius 1 is 1.30 bits per heavy atom. The minimum atomic E-state index is -2.41. The summed E-state index contributed by atoms with van der Waals surface area (Å²) in [6.07, 6.45) is 8.55. The van der Waals surface area contributed by atoms with Gasteiger partial charge in [-0.15, -0.1) is 0 Å². The molecular formula is C21H24FN5O2S. The maximum atomic E-state index is 15.0. The van der Waals surface area contributed by atoms with Gasteiger partial charge in [0, 0.05) is 53.0 Å². The maximum Gasteiger partial charge on any atom is 0.217 e. The average molecular weight is 430 g/mol. The highest BCUT2D eigenvalue weighted by molar-refractivity contribution is 7.92. The molecule has 0 radical (unpaired) electrons. The molecule has 0 saturated carbocycles. The second kappa shape index (κ2) is 8.61. The molecule has 1 saturated heterocycles. The molecule has 0 bridgehead atoms. The van der Waals surface area contributed by atoms with E-state index < -0.39 is 15.5 Å². The number of nitrogens with one attached hydrogen (secondary N) is 1. The third kappa shape index (κ3) is 4.91. The molecule has 1 fully saturated rings. The van der Waals surface area contributed by atoms with Crippen molar-refractivity contribution in [2.24, 2.45) is 4.36 Å². The third-order valence-corrected chi connectivity index (χ3v) is 5.47. The van der Waals surface area contributed by atoms with Gasteiger partial charge in [0.25, 0.3) is 0 Å². The lowest BCUT2D eigenvalue weighted by Crippen LogP contribution is -2.37. The normalized spacial score (nSPS) is 17.1. The van der Waals surface area contributed by atoms with E-state index in [2.05, 4.69) is 24.6 Å². The molecule has 1 N–H and O–H groups in total. The fourth-order valence-electron chi connectivity index (χ4n) is 3.56. The summed E-state index contributed by atoms with van der Waals surface area (Å²) >= 11 is 0. The van der Waals surface area contributed by atoms with Gasteiger partial charge >= 0.3 is 0 Å². The van der Waals surface area contributed by atoms with E-state index in [0.717, 1.165) is 31.5 Å². The van der Waals surface area contributed by atoms with Crippen LogP contribution in [0, 0.1) is 5.82 Å². The van der Waals surface area contributed by atoms with E-state index in [1.165, 1.54) is 24.9 Å². The second-order valence-corrected chi connectivity index (χ2v) is 10.2. The summed E-state index contributed by atoms with van der Waals surface area (Å²) < 4.78 is 37.1. The molecule has 0 amide bonds. The van der Waals surface area contributed by atoms with Gasteiger partial charge in [-0.05, 0) is 31.5 Å². The number of aromatic nitrogens is 3. The van der Waals surface area contributed by atoms with Gasteiger partial charge in [-0.3, -0.25) is 0 Å². The van der Waals surface area contributed by atoms with Crippen LogP contribution >= 0.6 is 0 Å². The number of rotatable bonds is 5. The van der Waals surface area contributed by atoms with Crippen molar-refractivity contribution in [3.63, 3.8) is 0 Å². The summed E-state index contributed by atoms with van der Waals surface area (Å²) in [5.41, 5.74) is 2.10. The van der Waals surface area contributed by atoms with E-state index in [4.69, 9.17) is 4.74 Å². The van der Waals surface area contributed by atoms with Gasteiger partial charge in [0.2, 0.25) is 5.88 Å². The molecule has 1 aromatic carbocycles. The number of piperidine rings is 1. The molecule has 3 aromatic rings. The molecule has 1 aliphatic heterocycles. The lowest BCUT2D eigenvalue weighted by Gasteiger charge is -2.24. The van der Waals surface area contributed by atoms with Gasteiger partial charge in [0.1, 0.15) is 18.2 Å². The molecule has 1 atom stereocenters. The first-order valence-electron chi connectivity index (χ1n) is 9.80. The highest BCUT2D eigenvalue weighted by Crippen LogP contribution is 2.29. The zero-order valence-electron chi connectivity index (χ0n) is 17.0. The average Bonchev–Trinajstić information content (AvgIpc) is 2.69. The first kappa shape index (κ1) is 20.6. The van der Waals surface area contributed by atoms with E-state index in [1.54, 1.807) is 12.3 Å². The standard InChI is InChI=1S/C21H24FN5O2S/c1-30(2,28)27-15-10-17(22)20-18(25-13-26-19(20)11-15)9-14-5-3-8-24-21(14)29-16-6-4-7-23-12-16/h3,5,8,10-11,13,16,23H,4,6-7,9,12H2,1-2H3/t16-/m1/s1. The van der Waals surface area contributed by atoms with Gasteiger partial charge in [0.15, 0.2) is 0 Å². The van der Waals surface area contributed by atoms with Crippen LogP contribution in [0.15, 0.2) is 41.2 Å². The number of nitrogens with zero attached hydrogens (tertiary/aromatic N) is 4. The summed E-state index contributed by atoms with van der Waals surface area (Å²) in [6, 6.07) is 6.65. The van der Waals surface area contributed by atoms with Crippen LogP contribution in [-0.4, -0.2) is 50.9 Å². The molecule has 2 aromatic heterocycles. The molecule has 0 unspecified atom stereocenters. The summed E-state index contributed by atoms with van der Waals surface area (Å²) in [4.78, 5) is 12.9. The highest BCUT2D eigenvalue weighted by Gasteiger charge is 2.18. The summed E-state index contributed by atoms with van der Waals surface area (Å²) in [6.45, 7) is 1.78. The van der Waals surface area contributed by atoms with E-state index in [0.29, 0.717) is 34.6 Å². The summed E-state index contributed by atoms with van der Waals surface area (Å²) in [5.74, 6) is 0.0510. The van der Waals surface area contributed by atoms with Crippen LogP contribution in [0.4, 0.5) is 10.1 Å². The number of fused-ring (bicyclic) bond motifs is 1. The molecule has 3 heterocycles. The Morgan fingerprint density at radius 2 is 2.17 bits per heavy atom. The Kier molecular flexibility index (Phi) is 5.92. The minimum Gasteiger partial charge on any atom is -0.473 e. The lowest BCUT2D eigenvalue weighted by atomic mass is 10.1. The Hall–Kier alpha value is -2.65. The summed E-state index contributed by atoms with van der Waals surface area (Å²) in [5, 5.41) is 3.65. The smallest absolute Gasteiger partial charge is 0.217 e. The monoisotopic (exact) mass is 429 g/mol. The van der Waals surface area contributed by atoms with Gasteiger partial charge in [-0.1, -0.05) is 6.07 Å². The van der Waals surface area contributed by atoms with Crippen LogP contribution < -0.4 is 10.1 Å². The van der Waals surface area contributed by atoms with Crippen LogP contribution in [0.1, 0.15) is 24.1 Å². The second-order valence-electron chi connectivity index (χ2n) is 7.65. The predicted octanol–water partition coefficient (Wildman–Crippen LogP) is 3.24. The number of halogens is 1. The topological polar surface area (TPSA) is 89.4 Å². The molecule has 9 heteroatoms. The molecule has 30 heavy (non-hydrogen) atoms. The van der Waals surface area contributed by atoms with Gasteiger partial charge < -0.3 is 10.1 Å². The predicted molar refractivity (Wildman–Crippen MR) is 115 cm³/mol. The molecule has 4 rings (SSSR count). The SMILES string of the molecule is CS(C)(=O)=Nc1cc(F)c2c(Cc3cccnc3O[C@@H]3CCCNC3)ncnc2c1. The molecule has 0 spiro atoms. The van der Waals surface area contributed by atoms with Gasteiger partial charge in [0.05, 0.1) is 22.3 Å². The number of ether oxygens (including phenoxy) is 1. The highest BCUT2D eigenvalue weighted by atomic mass is 32.2. The molecule has 158 valence electrons. The first-order chi connectivity index (χ1) is 14.4. The van der Waals surface area contributed by atoms with Crippen LogP contribution in [0.3, 0.4) is 0 Å². The van der Waals surface area contributed by atoms with Crippen molar-refractivity contribution in [3.8, 4) is 5.88 Å². The summed E-state index contributed by atoms with van der Waals surface area (Å²) in [7, 11) is -2.41. The van der Waals surface area contributed by atoms with Crippen molar-refractivity contribution in [1.29, 1.82) is 0 Å². The number of hydrogen-bond acceptors (Lipinski definition) is 7. The van der Waals surface area contributed by atoms with Crippen molar-refractivity contribution in [2.75, 3.05) is 25.6 Å². The molecular weight excluding hydrogens is 405 g/mol. The quantitative estimate of drug-likeness (QED) is 0.670. The van der Waals surface area contributed by atoms with E-state index in [9.17, 15) is 8.60 Å². The fourth-order valence-corrected chi connectivity index (χ4v) is 4.17. The zero-order chi connectivity index (χ0) is 21.1. The van der Waals surface area contributed by atoms with Crippen molar-refractivity contribution in [1.82, 2.24) is 20.3 Å². The van der Waals surface area contributed by atoms with Crippen LogP contribution in [0.25, 0.3) is 10.9 Å². The maximum absolute atomic E-state index is 15.0. The Bertz CT molecular complexity index is 1180. The van der Waals surface area contributed by atoms with Crippen LogP contribution in [0.5, 0.6) is 5.88 Å². The van der Waals surface area contributed by atoms with E-state index >= 15 is 0 Å². The van der Waals surface area contributed by atoms with Crippen molar-refractivity contribution < 1.29 is 13.3 Å². The number of pyridine rings is 1. The molecule has 0 aliphatic carbocycles. The van der Waals surface area contributed by atoms with Crippen molar-refractivity contribution in [3.05, 3.63) is 53.9 Å².